The molecular weight excluding hydrogens is 372 g/mol. The summed E-state index contributed by atoms with van der Waals surface area (Å²) >= 11 is 0. The summed E-state index contributed by atoms with van der Waals surface area (Å²) in [6.07, 6.45) is 7.37. The van der Waals surface area contributed by atoms with E-state index in [9.17, 15) is 19.8 Å². The molecule has 29 heavy (non-hydrogen) atoms. The van der Waals surface area contributed by atoms with Crippen molar-refractivity contribution in [1.82, 2.24) is 9.55 Å². The zero-order valence-electron chi connectivity index (χ0n) is 16.6. The minimum absolute atomic E-state index is 0.166. The van der Waals surface area contributed by atoms with E-state index in [1.165, 1.54) is 35.6 Å². The van der Waals surface area contributed by atoms with Crippen molar-refractivity contribution in [3.63, 3.8) is 0 Å². The topological polar surface area (TPSA) is 105 Å². The predicted molar refractivity (Wildman–Crippen MR) is 112 cm³/mol. The molecule has 3 N–H and O–H groups in total. The molecule has 0 spiro atoms. The molecule has 0 amide bonds. The van der Waals surface area contributed by atoms with Crippen molar-refractivity contribution in [1.29, 1.82) is 0 Å². The van der Waals surface area contributed by atoms with Crippen molar-refractivity contribution >= 4 is 12.2 Å². The quantitative estimate of drug-likeness (QED) is 0.589. The van der Waals surface area contributed by atoms with Crippen LogP contribution in [-0.2, 0) is 11.2 Å². The van der Waals surface area contributed by atoms with Crippen molar-refractivity contribution in [2.75, 3.05) is 6.61 Å². The monoisotopic (exact) mass is 400 g/mol. The van der Waals surface area contributed by atoms with Crippen LogP contribution in [0.15, 0.2) is 40.1 Å². The van der Waals surface area contributed by atoms with Gasteiger partial charge in [0.1, 0.15) is 12.3 Å². The number of unbranched alkanes of at least 4 members (excludes halogenated alkanes) is 2. The Morgan fingerprint density at radius 3 is 2.62 bits per heavy atom. The lowest BCUT2D eigenvalue weighted by molar-refractivity contribution is -0.0459. The van der Waals surface area contributed by atoms with Crippen LogP contribution in [0.5, 0.6) is 0 Å². The summed E-state index contributed by atoms with van der Waals surface area (Å²) in [4.78, 5) is 26.6. The van der Waals surface area contributed by atoms with Gasteiger partial charge in [0, 0.05) is 12.6 Å². The maximum absolute atomic E-state index is 12.2. The molecule has 2 heterocycles. The number of aliphatic hydroxyl groups excluding tert-OH is 2. The van der Waals surface area contributed by atoms with Crippen molar-refractivity contribution in [3.8, 4) is 0 Å². The first-order chi connectivity index (χ1) is 14.0. The molecule has 3 rings (SSSR count). The molecule has 3 atom stereocenters. The van der Waals surface area contributed by atoms with E-state index >= 15 is 0 Å². The molecule has 1 aromatic heterocycles. The summed E-state index contributed by atoms with van der Waals surface area (Å²) in [7, 11) is 0. The van der Waals surface area contributed by atoms with Gasteiger partial charge in [-0.15, -0.1) is 0 Å². The van der Waals surface area contributed by atoms with Gasteiger partial charge in [0.05, 0.1) is 18.3 Å². The standard InChI is InChI=1S/C22H28N2O5/c1-2-3-4-5-15-6-8-16(9-7-15)10-11-17-13-24(22(28)23-21(17)27)20-12-18(26)19(14-25)29-20/h6-11,13,18-20,25-26H,2-5,12,14H2,1H3,(H,23,27,28)/b11-10+. The third-order valence-electron chi connectivity index (χ3n) is 5.19. The largest absolute Gasteiger partial charge is 0.394 e. The summed E-state index contributed by atoms with van der Waals surface area (Å²) in [6.45, 7) is 1.85. The fourth-order valence-electron chi connectivity index (χ4n) is 3.44. The Morgan fingerprint density at radius 1 is 1.21 bits per heavy atom. The summed E-state index contributed by atoms with van der Waals surface area (Å²) in [6, 6.07) is 8.18. The second kappa shape index (κ2) is 9.82. The van der Waals surface area contributed by atoms with E-state index in [2.05, 4.69) is 24.0 Å². The van der Waals surface area contributed by atoms with Crippen molar-refractivity contribution < 1.29 is 14.9 Å². The fourth-order valence-corrected chi connectivity index (χ4v) is 3.44. The van der Waals surface area contributed by atoms with E-state index in [-0.39, 0.29) is 13.0 Å². The first kappa shape index (κ1) is 21.2. The number of ether oxygens (including phenoxy) is 1. The predicted octanol–water partition coefficient (Wildman–Crippen LogP) is 2.08. The summed E-state index contributed by atoms with van der Waals surface area (Å²) in [5.41, 5.74) is 1.45. The number of nitrogens with zero attached hydrogens (tertiary/aromatic N) is 1. The molecule has 7 nitrogen and oxygen atoms in total. The summed E-state index contributed by atoms with van der Waals surface area (Å²) in [5, 5.41) is 19.1. The van der Waals surface area contributed by atoms with Gasteiger partial charge >= 0.3 is 5.69 Å². The van der Waals surface area contributed by atoms with Gasteiger partial charge in [-0.05, 0) is 30.0 Å². The first-order valence-corrected chi connectivity index (χ1v) is 10.1. The highest BCUT2D eigenvalue weighted by Gasteiger charge is 2.35. The lowest BCUT2D eigenvalue weighted by atomic mass is 10.0. The van der Waals surface area contributed by atoms with Crippen LogP contribution in [0.2, 0.25) is 0 Å². The Labute approximate surface area is 169 Å². The maximum Gasteiger partial charge on any atom is 0.330 e. The number of hydrogen-bond acceptors (Lipinski definition) is 5. The van der Waals surface area contributed by atoms with Gasteiger partial charge in [0.25, 0.3) is 5.56 Å². The van der Waals surface area contributed by atoms with E-state index in [4.69, 9.17) is 4.74 Å². The Bertz CT molecular complexity index is 945. The molecule has 0 aliphatic carbocycles. The molecule has 3 unspecified atom stereocenters. The number of aryl methyl sites for hydroxylation is 1. The van der Waals surface area contributed by atoms with Crippen LogP contribution >= 0.6 is 0 Å². The van der Waals surface area contributed by atoms with Gasteiger partial charge in [-0.25, -0.2) is 4.79 Å². The van der Waals surface area contributed by atoms with Gasteiger partial charge in [-0.1, -0.05) is 50.1 Å². The second-order valence-corrected chi connectivity index (χ2v) is 7.40. The van der Waals surface area contributed by atoms with Gasteiger partial charge in [0.15, 0.2) is 0 Å². The van der Waals surface area contributed by atoms with Gasteiger partial charge in [-0.3, -0.25) is 14.3 Å². The van der Waals surface area contributed by atoms with Gasteiger partial charge < -0.3 is 14.9 Å². The third kappa shape index (κ3) is 5.32. The minimum Gasteiger partial charge on any atom is -0.394 e. The first-order valence-electron chi connectivity index (χ1n) is 10.1. The number of benzene rings is 1. The van der Waals surface area contributed by atoms with Gasteiger partial charge in [0.2, 0.25) is 0 Å². The Morgan fingerprint density at radius 2 is 1.97 bits per heavy atom. The highest BCUT2D eigenvalue weighted by molar-refractivity contribution is 5.68. The molecule has 0 bridgehead atoms. The maximum atomic E-state index is 12.2. The average molecular weight is 400 g/mol. The molecule has 1 aromatic carbocycles. The zero-order valence-corrected chi connectivity index (χ0v) is 16.6. The molecule has 2 aromatic rings. The van der Waals surface area contributed by atoms with Crippen LogP contribution in [-0.4, -0.2) is 38.6 Å². The molecule has 156 valence electrons. The number of nitrogens with one attached hydrogen (secondary N) is 1. The van der Waals surface area contributed by atoms with Crippen LogP contribution in [0.4, 0.5) is 0 Å². The Hall–Kier alpha value is -2.48. The number of hydrogen-bond donors (Lipinski definition) is 3. The Kier molecular flexibility index (Phi) is 7.19. The molecule has 0 radical (unpaired) electrons. The smallest absolute Gasteiger partial charge is 0.330 e. The van der Waals surface area contributed by atoms with E-state index in [0.717, 1.165) is 12.0 Å². The Balaban J connectivity index is 1.75. The molecular formula is C22H28N2O5. The normalized spacial score (nSPS) is 21.8. The molecule has 7 heteroatoms. The van der Waals surface area contributed by atoms with Crippen molar-refractivity contribution in [3.05, 3.63) is 68.0 Å². The van der Waals surface area contributed by atoms with Crippen LogP contribution in [0, 0.1) is 0 Å². The van der Waals surface area contributed by atoms with Crippen LogP contribution in [0.25, 0.3) is 12.2 Å². The van der Waals surface area contributed by atoms with Crippen molar-refractivity contribution in [2.24, 2.45) is 0 Å². The van der Waals surface area contributed by atoms with Crippen LogP contribution < -0.4 is 11.2 Å². The average Bonchev–Trinajstić information content (AvgIpc) is 3.09. The fraction of sp³-hybridized carbons (Fsp3) is 0.455. The number of aromatic nitrogens is 2. The highest BCUT2D eigenvalue weighted by atomic mass is 16.5. The lowest BCUT2D eigenvalue weighted by Crippen LogP contribution is -2.33. The molecule has 1 aliphatic rings. The van der Waals surface area contributed by atoms with Gasteiger partial charge in [-0.2, -0.15) is 0 Å². The number of H-pyrrole nitrogens is 1. The lowest BCUT2D eigenvalue weighted by Gasteiger charge is -2.14. The third-order valence-corrected chi connectivity index (χ3v) is 5.19. The SMILES string of the molecule is CCCCCc1ccc(/C=C/c2cn(C3CC(O)C(CO)O3)c(=O)[nH]c2=O)cc1. The number of aliphatic hydroxyl groups is 2. The summed E-state index contributed by atoms with van der Waals surface area (Å²) in [5.74, 6) is 0. The zero-order chi connectivity index (χ0) is 20.8. The van der Waals surface area contributed by atoms with Crippen LogP contribution in [0.3, 0.4) is 0 Å². The highest BCUT2D eigenvalue weighted by Crippen LogP contribution is 2.27. The molecule has 0 saturated carbocycles. The summed E-state index contributed by atoms with van der Waals surface area (Å²) < 4.78 is 6.76. The van der Waals surface area contributed by atoms with E-state index in [0.29, 0.717) is 5.56 Å². The number of aromatic amines is 1. The van der Waals surface area contributed by atoms with Crippen molar-refractivity contribution in [2.45, 2.75) is 57.5 Å². The number of rotatable bonds is 8. The van der Waals surface area contributed by atoms with E-state index in [1.807, 2.05) is 18.2 Å². The van der Waals surface area contributed by atoms with E-state index in [1.54, 1.807) is 6.08 Å². The molecule has 1 fully saturated rings. The molecule has 1 aliphatic heterocycles. The van der Waals surface area contributed by atoms with Crippen LogP contribution in [0.1, 0.15) is 55.5 Å². The minimum atomic E-state index is -0.862. The second-order valence-electron chi connectivity index (χ2n) is 7.40. The van der Waals surface area contributed by atoms with E-state index < -0.39 is 29.7 Å². The molecule has 1 saturated heterocycles.